The fourth-order valence-electron chi connectivity index (χ4n) is 1.79. The molecule has 0 heterocycles. The average molecular weight is 279 g/mol. The van der Waals surface area contributed by atoms with E-state index in [0.29, 0.717) is 11.8 Å². The summed E-state index contributed by atoms with van der Waals surface area (Å²) in [5.74, 6) is 1.01. The van der Waals surface area contributed by atoms with Crippen molar-refractivity contribution < 1.29 is 14.3 Å². The Labute approximate surface area is 121 Å². The molecule has 0 bridgehead atoms. The molecule has 112 valence electrons. The molecule has 0 aromatic heterocycles. The highest BCUT2D eigenvalue weighted by atomic mass is 16.6. The van der Waals surface area contributed by atoms with Crippen molar-refractivity contribution in [2.75, 3.05) is 19.0 Å². The summed E-state index contributed by atoms with van der Waals surface area (Å²) in [5, 5.41) is 3.45. The molecule has 0 spiro atoms. The van der Waals surface area contributed by atoms with E-state index < -0.39 is 0 Å². The monoisotopic (exact) mass is 279 g/mol. The number of hydrogen-bond acceptors (Lipinski definition) is 4. The smallest absolute Gasteiger partial charge is 0.343 e. The van der Waals surface area contributed by atoms with Gasteiger partial charge in [0.05, 0.1) is 7.11 Å². The Hall–Kier alpha value is -1.71. The number of esters is 1. The van der Waals surface area contributed by atoms with E-state index in [4.69, 9.17) is 4.74 Å². The highest BCUT2D eigenvalue weighted by Crippen LogP contribution is 2.18. The van der Waals surface area contributed by atoms with Gasteiger partial charge in [0, 0.05) is 11.7 Å². The standard InChI is InChI=1S/C16H25NO3/c1-12(2)5-6-13(3)17-14-7-9-15(10-8-14)20-11-16(18)19-4/h7-10,12-13,17H,5-6,11H2,1-4H3. The Balaban J connectivity index is 2.40. The molecule has 1 aromatic carbocycles. The molecule has 1 atom stereocenters. The van der Waals surface area contributed by atoms with Crippen molar-refractivity contribution in [2.24, 2.45) is 5.92 Å². The van der Waals surface area contributed by atoms with E-state index in [1.165, 1.54) is 13.5 Å². The van der Waals surface area contributed by atoms with Crippen LogP contribution in [0.3, 0.4) is 0 Å². The third-order valence-electron chi connectivity index (χ3n) is 3.03. The van der Waals surface area contributed by atoms with E-state index in [0.717, 1.165) is 18.0 Å². The van der Waals surface area contributed by atoms with Gasteiger partial charge >= 0.3 is 5.97 Å². The molecule has 0 aliphatic heterocycles. The number of carbonyl (C=O) groups excluding carboxylic acids is 1. The lowest BCUT2D eigenvalue weighted by Crippen LogP contribution is -2.16. The molecule has 4 nitrogen and oxygen atoms in total. The van der Waals surface area contributed by atoms with Gasteiger partial charge in [-0.05, 0) is 49.9 Å². The molecule has 0 saturated carbocycles. The van der Waals surface area contributed by atoms with E-state index >= 15 is 0 Å². The Morgan fingerprint density at radius 3 is 2.35 bits per heavy atom. The lowest BCUT2D eigenvalue weighted by molar-refractivity contribution is -0.142. The van der Waals surface area contributed by atoms with Crippen LogP contribution in [0.4, 0.5) is 5.69 Å². The Morgan fingerprint density at radius 2 is 1.80 bits per heavy atom. The third-order valence-corrected chi connectivity index (χ3v) is 3.03. The van der Waals surface area contributed by atoms with Gasteiger partial charge in [0.25, 0.3) is 0 Å². The Bertz CT molecular complexity index is 401. The van der Waals surface area contributed by atoms with E-state index in [2.05, 4.69) is 30.8 Å². The van der Waals surface area contributed by atoms with Crippen LogP contribution in [0, 0.1) is 5.92 Å². The normalized spacial score (nSPS) is 12.1. The maximum atomic E-state index is 11.0. The summed E-state index contributed by atoms with van der Waals surface area (Å²) in [7, 11) is 1.34. The van der Waals surface area contributed by atoms with E-state index in [-0.39, 0.29) is 12.6 Å². The van der Waals surface area contributed by atoms with Crippen LogP contribution in [0.25, 0.3) is 0 Å². The quantitative estimate of drug-likeness (QED) is 0.740. The molecule has 0 amide bonds. The van der Waals surface area contributed by atoms with Gasteiger partial charge in [-0.3, -0.25) is 0 Å². The number of methoxy groups -OCH3 is 1. The topological polar surface area (TPSA) is 47.6 Å². The van der Waals surface area contributed by atoms with Crippen LogP contribution in [-0.2, 0) is 9.53 Å². The van der Waals surface area contributed by atoms with E-state index in [1.54, 1.807) is 0 Å². The molecule has 4 heteroatoms. The van der Waals surface area contributed by atoms with Crippen molar-refractivity contribution in [1.82, 2.24) is 0 Å². The summed E-state index contributed by atoms with van der Waals surface area (Å²) in [6.45, 7) is 6.60. The summed E-state index contributed by atoms with van der Waals surface area (Å²) in [4.78, 5) is 11.0. The van der Waals surface area contributed by atoms with Gasteiger partial charge in [0.2, 0.25) is 0 Å². The number of carbonyl (C=O) groups is 1. The fraction of sp³-hybridized carbons (Fsp3) is 0.562. The average Bonchev–Trinajstić information content (AvgIpc) is 2.44. The minimum atomic E-state index is -0.380. The lowest BCUT2D eigenvalue weighted by atomic mass is 10.0. The molecular weight excluding hydrogens is 254 g/mol. The molecule has 0 aliphatic carbocycles. The van der Waals surface area contributed by atoms with Crippen LogP contribution >= 0.6 is 0 Å². The summed E-state index contributed by atoms with van der Waals surface area (Å²) >= 11 is 0. The highest BCUT2D eigenvalue weighted by molar-refractivity contribution is 5.70. The van der Waals surface area contributed by atoms with Gasteiger partial charge in [-0.15, -0.1) is 0 Å². The van der Waals surface area contributed by atoms with Gasteiger partial charge in [-0.1, -0.05) is 13.8 Å². The lowest BCUT2D eigenvalue weighted by Gasteiger charge is -2.16. The molecule has 0 fully saturated rings. The fourth-order valence-corrected chi connectivity index (χ4v) is 1.79. The van der Waals surface area contributed by atoms with E-state index in [9.17, 15) is 4.79 Å². The van der Waals surface area contributed by atoms with Crippen molar-refractivity contribution >= 4 is 11.7 Å². The molecule has 1 unspecified atom stereocenters. The number of hydrogen-bond donors (Lipinski definition) is 1. The zero-order valence-corrected chi connectivity index (χ0v) is 12.8. The number of rotatable bonds is 8. The van der Waals surface area contributed by atoms with Crippen molar-refractivity contribution in [3.8, 4) is 5.75 Å². The molecule has 0 saturated heterocycles. The first-order chi connectivity index (χ1) is 9.51. The first-order valence-corrected chi connectivity index (χ1v) is 7.07. The Kier molecular flexibility index (Phi) is 6.91. The summed E-state index contributed by atoms with van der Waals surface area (Å²) in [6.07, 6.45) is 2.37. The predicted octanol–water partition coefficient (Wildman–Crippen LogP) is 3.48. The van der Waals surface area contributed by atoms with Gasteiger partial charge in [-0.25, -0.2) is 4.79 Å². The number of benzene rings is 1. The number of nitrogens with one attached hydrogen (secondary N) is 1. The maximum absolute atomic E-state index is 11.0. The molecule has 0 aliphatic rings. The minimum Gasteiger partial charge on any atom is -0.482 e. The Morgan fingerprint density at radius 1 is 1.15 bits per heavy atom. The summed E-state index contributed by atoms with van der Waals surface area (Å²) in [6, 6.07) is 8.05. The second-order valence-corrected chi connectivity index (χ2v) is 5.41. The molecule has 1 rings (SSSR count). The van der Waals surface area contributed by atoms with Crippen molar-refractivity contribution in [3.63, 3.8) is 0 Å². The predicted molar refractivity (Wildman–Crippen MR) is 81.1 cm³/mol. The van der Waals surface area contributed by atoms with Gasteiger partial charge in [0.1, 0.15) is 5.75 Å². The first kappa shape index (κ1) is 16.3. The van der Waals surface area contributed by atoms with Crippen LogP contribution in [0.1, 0.15) is 33.6 Å². The van der Waals surface area contributed by atoms with Crippen LogP contribution in [0.15, 0.2) is 24.3 Å². The molecular formula is C16H25NO3. The second-order valence-electron chi connectivity index (χ2n) is 5.41. The summed E-state index contributed by atoms with van der Waals surface area (Å²) < 4.78 is 9.81. The molecule has 20 heavy (non-hydrogen) atoms. The van der Waals surface area contributed by atoms with Crippen molar-refractivity contribution in [1.29, 1.82) is 0 Å². The number of ether oxygens (including phenoxy) is 2. The highest BCUT2D eigenvalue weighted by Gasteiger charge is 2.05. The van der Waals surface area contributed by atoms with Crippen LogP contribution < -0.4 is 10.1 Å². The largest absolute Gasteiger partial charge is 0.482 e. The second kappa shape index (κ2) is 8.46. The van der Waals surface area contributed by atoms with Crippen molar-refractivity contribution in [3.05, 3.63) is 24.3 Å². The first-order valence-electron chi connectivity index (χ1n) is 7.07. The van der Waals surface area contributed by atoms with Crippen molar-refractivity contribution in [2.45, 2.75) is 39.7 Å². The molecule has 1 N–H and O–H groups in total. The third kappa shape index (κ3) is 6.45. The summed E-state index contributed by atoms with van der Waals surface area (Å²) in [5.41, 5.74) is 1.06. The van der Waals surface area contributed by atoms with Gasteiger partial charge < -0.3 is 14.8 Å². The maximum Gasteiger partial charge on any atom is 0.343 e. The van der Waals surface area contributed by atoms with E-state index in [1.807, 2.05) is 24.3 Å². The van der Waals surface area contributed by atoms with Gasteiger partial charge in [-0.2, -0.15) is 0 Å². The van der Waals surface area contributed by atoms with Crippen LogP contribution in [0.2, 0.25) is 0 Å². The number of anilines is 1. The van der Waals surface area contributed by atoms with Crippen LogP contribution in [-0.4, -0.2) is 25.7 Å². The molecule has 0 radical (unpaired) electrons. The molecule has 1 aromatic rings. The minimum absolute atomic E-state index is 0.0614. The zero-order valence-electron chi connectivity index (χ0n) is 12.8. The van der Waals surface area contributed by atoms with Crippen LogP contribution in [0.5, 0.6) is 5.75 Å². The SMILES string of the molecule is COC(=O)COc1ccc(NC(C)CCC(C)C)cc1. The van der Waals surface area contributed by atoms with Gasteiger partial charge in [0.15, 0.2) is 6.61 Å². The zero-order chi connectivity index (χ0) is 15.0.